The van der Waals surface area contributed by atoms with E-state index < -0.39 is 40.5 Å². The third kappa shape index (κ3) is 3.33. The first-order chi connectivity index (χ1) is 10.8. The molecule has 23 heavy (non-hydrogen) atoms. The van der Waals surface area contributed by atoms with Crippen LogP contribution in [0.5, 0.6) is 11.5 Å². The Morgan fingerprint density at radius 3 is 2.22 bits per heavy atom. The summed E-state index contributed by atoms with van der Waals surface area (Å²) >= 11 is 0. The molecule has 5 nitrogen and oxygen atoms in total. The fourth-order valence-electron chi connectivity index (χ4n) is 1.82. The van der Waals surface area contributed by atoms with Crippen molar-refractivity contribution in [1.82, 2.24) is 0 Å². The van der Waals surface area contributed by atoms with Gasteiger partial charge in [0.1, 0.15) is 12.4 Å². The number of rotatable bonds is 5. The van der Waals surface area contributed by atoms with Gasteiger partial charge in [-0.25, -0.2) is 8.78 Å². The number of hydrogen-bond acceptors (Lipinski definition) is 4. The summed E-state index contributed by atoms with van der Waals surface area (Å²) in [4.78, 5) is 10.0. The molecule has 0 aromatic heterocycles. The molecule has 0 amide bonds. The molecule has 0 saturated heterocycles. The number of methoxy groups -OCH3 is 1. The summed E-state index contributed by atoms with van der Waals surface area (Å²) in [5, 5.41) is 10.7. The van der Waals surface area contributed by atoms with Gasteiger partial charge in [0, 0.05) is 23.8 Å². The molecule has 0 radical (unpaired) electrons. The van der Waals surface area contributed by atoms with Crippen LogP contribution in [0.25, 0.3) is 0 Å². The second-order valence-electron chi connectivity index (χ2n) is 4.34. The van der Waals surface area contributed by atoms with Crippen LogP contribution in [-0.4, -0.2) is 12.0 Å². The van der Waals surface area contributed by atoms with E-state index in [1.807, 2.05) is 0 Å². The van der Waals surface area contributed by atoms with E-state index in [-0.39, 0.29) is 23.1 Å². The molecule has 0 saturated carbocycles. The SMILES string of the molecule is COc1ccc([N+](=O)[O-])cc1COc1c(F)c(F)cc(F)c1F. The number of halogens is 4. The monoisotopic (exact) mass is 331 g/mol. The Morgan fingerprint density at radius 2 is 1.70 bits per heavy atom. The number of ether oxygens (including phenoxy) is 2. The molecule has 0 aliphatic heterocycles. The average Bonchev–Trinajstić information content (AvgIpc) is 2.52. The summed E-state index contributed by atoms with van der Waals surface area (Å²) in [5.74, 6) is -7.75. The fourth-order valence-corrected chi connectivity index (χ4v) is 1.82. The lowest BCUT2D eigenvalue weighted by molar-refractivity contribution is -0.385. The normalized spacial score (nSPS) is 10.5. The lowest BCUT2D eigenvalue weighted by atomic mass is 10.2. The number of hydrogen-bond donors (Lipinski definition) is 0. The quantitative estimate of drug-likeness (QED) is 0.362. The van der Waals surface area contributed by atoms with Crippen LogP contribution in [0.4, 0.5) is 23.2 Å². The van der Waals surface area contributed by atoms with E-state index in [4.69, 9.17) is 9.47 Å². The molecule has 2 rings (SSSR count). The summed E-state index contributed by atoms with van der Waals surface area (Å²) in [7, 11) is 1.27. The van der Waals surface area contributed by atoms with Crippen LogP contribution in [0.1, 0.15) is 5.56 Å². The van der Waals surface area contributed by atoms with Gasteiger partial charge in [-0.1, -0.05) is 0 Å². The highest BCUT2D eigenvalue weighted by Gasteiger charge is 2.21. The van der Waals surface area contributed by atoms with E-state index in [1.165, 1.54) is 13.2 Å². The van der Waals surface area contributed by atoms with Crippen LogP contribution in [0.15, 0.2) is 24.3 Å². The predicted molar refractivity (Wildman–Crippen MR) is 70.3 cm³/mol. The largest absolute Gasteiger partial charge is 0.496 e. The molecule has 2 aromatic rings. The molecule has 0 aliphatic carbocycles. The van der Waals surface area contributed by atoms with Gasteiger partial charge < -0.3 is 9.47 Å². The third-order valence-corrected chi connectivity index (χ3v) is 2.92. The first kappa shape index (κ1) is 16.5. The minimum absolute atomic E-state index is 0.0471. The molecule has 0 unspecified atom stereocenters. The van der Waals surface area contributed by atoms with Crippen LogP contribution in [-0.2, 0) is 6.61 Å². The molecule has 0 N–H and O–H groups in total. The molecule has 0 heterocycles. The van der Waals surface area contributed by atoms with Gasteiger partial charge in [0.2, 0.25) is 11.6 Å². The minimum atomic E-state index is -1.70. The van der Waals surface area contributed by atoms with E-state index in [2.05, 4.69) is 0 Å². The minimum Gasteiger partial charge on any atom is -0.496 e. The van der Waals surface area contributed by atoms with Crippen molar-refractivity contribution in [3.8, 4) is 11.5 Å². The van der Waals surface area contributed by atoms with Gasteiger partial charge >= 0.3 is 0 Å². The Hall–Kier alpha value is -2.84. The van der Waals surface area contributed by atoms with Crippen LogP contribution in [0.2, 0.25) is 0 Å². The van der Waals surface area contributed by atoms with Gasteiger partial charge in [-0.3, -0.25) is 10.1 Å². The van der Waals surface area contributed by atoms with Crippen molar-refractivity contribution in [2.24, 2.45) is 0 Å². The number of nitro groups is 1. The first-order valence-electron chi connectivity index (χ1n) is 6.12. The standard InChI is InChI=1S/C14H9F4NO4/c1-22-11-3-2-8(19(20)21)4-7(11)6-23-14-12(17)9(15)5-10(16)13(14)18/h2-5H,6H2,1H3. The molecule has 0 aliphatic rings. The van der Waals surface area contributed by atoms with Crippen LogP contribution >= 0.6 is 0 Å². The summed E-state index contributed by atoms with van der Waals surface area (Å²) in [6, 6.07) is 3.52. The van der Waals surface area contributed by atoms with Crippen molar-refractivity contribution >= 4 is 5.69 Å². The van der Waals surface area contributed by atoms with E-state index in [9.17, 15) is 27.7 Å². The Balaban J connectivity index is 2.35. The maximum absolute atomic E-state index is 13.5. The van der Waals surface area contributed by atoms with Crippen LogP contribution < -0.4 is 9.47 Å². The van der Waals surface area contributed by atoms with E-state index in [0.29, 0.717) is 0 Å². The molecule has 0 fully saturated rings. The Kier molecular flexibility index (Phi) is 4.68. The number of nitro benzene ring substituents is 1. The highest BCUT2D eigenvalue weighted by molar-refractivity contribution is 5.43. The third-order valence-electron chi connectivity index (χ3n) is 2.92. The van der Waals surface area contributed by atoms with Gasteiger partial charge in [0.05, 0.1) is 12.0 Å². The number of benzene rings is 2. The van der Waals surface area contributed by atoms with Crippen molar-refractivity contribution in [2.75, 3.05) is 7.11 Å². The maximum atomic E-state index is 13.5. The molecule has 9 heteroatoms. The molecule has 0 spiro atoms. The topological polar surface area (TPSA) is 61.6 Å². The van der Waals surface area contributed by atoms with Gasteiger partial charge in [-0.05, 0) is 6.07 Å². The van der Waals surface area contributed by atoms with E-state index in [0.717, 1.165) is 12.1 Å². The highest BCUT2D eigenvalue weighted by Crippen LogP contribution is 2.29. The Morgan fingerprint density at radius 1 is 1.09 bits per heavy atom. The van der Waals surface area contributed by atoms with Crippen molar-refractivity contribution in [1.29, 1.82) is 0 Å². The van der Waals surface area contributed by atoms with Gasteiger partial charge in [0.15, 0.2) is 17.4 Å². The van der Waals surface area contributed by atoms with Crippen LogP contribution in [0.3, 0.4) is 0 Å². The van der Waals surface area contributed by atoms with E-state index >= 15 is 0 Å². The zero-order valence-corrected chi connectivity index (χ0v) is 11.6. The molecule has 0 bridgehead atoms. The highest BCUT2D eigenvalue weighted by atomic mass is 19.2. The number of non-ortho nitro benzene ring substituents is 1. The zero-order chi connectivity index (χ0) is 17.1. The van der Waals surface area contributed by atoms with Crippen molar-refractivity contribution < 1.29 is 32.0 Å². The summed E-state index contributed by atoms with van der Waals surface area (Å²) < 4.78 is 62.8. The first-order valence-corrected chi connectivity index (χ1v) is 6.12. The summed E-state index contributed by atoms with van der Waals surface area (Å²) in [6.07, 6.45) is 0. The van der Waals surface area contributed by atoms with E-state index in [1.54, 1.807) is 0 Å². The van der Waals surface area contributed by atoms with Gasteiger partial charge in [-0.15, -0.1) is 0 Å². The maximum Gasteiger partial charge on any atom is 0.270 e. The lowest BCUT2D eigenvalue weighted by Gasteiger charge is -2.12. The molecule has 0 atom stereocenters. The Labute approximate surface area is 127 Å². The van der Waals surface area contributed by atoms with Crippen molar-refractivity contribution in [3.63, 3.8) is 0 Å². The lowest BCUT2D eigenvalue weighted by Crippen LogP contribution is -2.05. The molecular weight excluding hydrogens is 322 g/mol. The van der Waals surface area contributed by atoms with Crippen molar-refractivity contribution in [3.05, 3.63) is 63.2 Å². The summed E-state index contributed by atoms with van der Waals surface area (Å²) in [6.45, 7) is -0.596. The Bertz CT molecular complexity index is 741. The zero-order valence-electron chi connectivity index (χ0n) is 11.6. The van der Waals surface area contributed by atoms with Gasteiger partial charge in [-0.2, -0.15) is 8.78 Å². The fraction of sp³-hybridized carbons (Fsp3) is 0.143. The average molecular weight is 331 g/mol. The van der Waals surface area contributed by atoms with Gasteiger partial charge in [0.25, 0.3) is 5.69 Å². The molecular formula is C14H9F4NO4. The number of nitrogens with zero attached hydrogens (tertiary/aromatic N) is 1. The second kappa shape index (κ2) is 6.51. The van der Waals surface area contributed by atoms with Crippen LogP contribution in [0, 0.1) is 33.4 Å². The smallest absolute Gasteiger partial charge is 0.270 e. The molecule has 2 aromatic carbocycles. The second-order valence-corrected chi connectivity index (χ2v) is 4.34. The van der Waals surface area contributed by atoms with Crippen molar-refractivity contribution in [2.45, 2.75) is 6.61 Å². The molecule has 122 valence electrons. The summed E-state index contributed by atoms with van der Waals surface area (Å²) in [5.41, 5.74) is -0.235. The predicted octanol–water partition coefficient (Wildman–Crippen LogP) is 3.74.